The van der Waals surface area contributed by atoms with Crippen molar-refractivity contribution in [2.24, 2.45) is 0 Å². The molecule has 0 aliphatic carbocycles. The highest BCUT2D eigenvalue weighted by Crippen LogP contribution is 2.23. The molecule has 1 rings (SSSR count). The van der Waals surface area contributed by atoms with Gasteiger partial charge in [0.25, 0.3) is 0 Å². The summed E-state index contributed by atoms with van der Waals surface area (Å²) in [5.74, 6) is 0. The van der Waals surface area contributed by atoms with Crippen molar-refractivity contribution >= 4 is 15.0 Å². The van der Waals surface area contributed by atoms with E-state index in [-0.39, 0.29) is 4.90 Å². The summed E-state index contributed by atoms with van der Waals surface area (Å²) in [4.78, 5) is 11.2. The highest BCUT2D eigenvalue weighted by Gasteiger charge is 2.24. The zero-order chi connectivity index (χ0) is 11.8. The van der Waals surface area contributed by atoms with Gasteiger partial charge in [-0.05, 0) is 31.9 Å². The first-order valence-corrected chi connectivity index (χ1v) is 6.08. The van der Waals surface area contributed by atoms with E-state index in [4.69, 9.17) is 0 Å². The number of aryl methyl sites for hydroxylation is 3. The average Bonchev–Trinajstić information content (AvgIpc) is 2.00. The molecule has 0 heterocycles. The summed E-state index contributed by atoms with van der Waals surface area (Å²) in [7, 11) is -3.79. The number of hydrogen-bond acceptors (Lipinski definition) is 3. The van der Waals surface area contributed by atoms with Crippen molar-refractivity contribution in [3.63, 3.8) is 0 Å². The summed E-state index contributed by atoms with van der Waals surface area (Å²) >= 11 is 0. The van der Waals surface area contributed by atoms with Crippen LogP contribution in [-0.2, 0) is 14.6 Å². The second-order valence-electron chi connectivity index (χ2n) is 3.72. The Labute approximate surface area is 90.0 Å². The summed E-state index contributed by atoms with van der Waals surface area (Å²) in [5, 5.41) is -0.808. The Kier molecular flexibility index (Phi) is 3.00. The molecule has 0 radical (unpaired) electrons. The second-order valence-corrected chi connectivity index (χ2v) is 5.71. The Hall–Kier alpha value is -1.16. The highest BCUT2D eigenvalue weighted by atomic mass is 32.2. The summed E-state index contributed by atoms with van der Waals surface area (Å²) in [6.45, 7) is 6.38. The molecule has 4 heteroatoms. The lowest BCUT2D eigenvalue weighted by Gasteiger charge is -2.09. The first kappa shape index (κ1) is 11.9. The largest absolute Gasteiger partial charge is 0.282 e. The maximum Gasteiger partial charge on any atom is 0.248 e. The topological polar surface area (TPSA) is 51.2 Å². The molecule has 0 fully saturated rings. The highest BCUT2D eigenvalue weighted by molar-refractivity contribution is 8.06. The fraction of sp³-hybridized carbons (Fsp3) is 0.364. The predicted octanol–water partition coefficient (Wildman–Crippen LogP) is 1.93. The van der Waals surface area contributed by atoms with E-state index in [1.165, 1.54) is 0 Å². The Bertz CT molecular complexity index is 490. The summed E-state index contributed by atoms with van der Waals surface area (Å²) in [6.07, 6.45) is 0. The van der Waals surface area contributed by atoms with Crippen molar-refractivity contribution in [1.29, 1.82) is 0 Å². The van der Waals surface area contributed by atoms with Crippen LogP contribution >= 0.6 is 0 Å². The molecule has 0 bridgehead atoms. The van der Waals surface area contributed by atoms with Gasteiger partial charge in [-0.1, -0.05) is 17.7 Å². The van der Waals surface area contributed by atoms with Gasteiger partial charge in [0.1, 0.15) is 0 Å². The van der Waals surface area contributed by atoms with Crippen LogP contribution in [-0.4, -0.2) is 13.5 Å². The minimum Gasteiger partial charge on any atom is -0.282 e. The molecule has 15 heavy (non-hydrogen) atoms. The molecule has 0 saturated heterocycles. The van der Waals surface area contributed by atoms with Crippen LogP contribution in [0.4, 0.5) is 0 Å². The maximum absolute atomic E-state index is 11.7. The Morgan fingerprint density at radius 3 is 1.80 bits per heavy atom. The molecular weight excluding hydrogens is 212 g/mol. The Morgan fingerprint density at radius 1 is 1.07 bits per heavy atom. The molecule has 0 spiro atoms. The van der Waals surface area contributed by atoms with Crippen molar-refractivity contribution < 1.29 is 13.2 Å². The van der Waals surface area contributed by atoms with Crippen LogP contribution in [0.5, 0.6) is 0 Å². The van der Waals surface area contributed by atoms with Gasteiger partial charge in [0, 0.05) is 6.92 Å². The third-order valence-corrected chi connectivity index (χ3v) is 4.19. The zero-order valence-corrected chi connectivity index (χ0v) is 10.1. The maximum atomic E-state index is 11.7. The summed E-state index contributed by atoms with van der Waals surface area (Å²) in [5.41, 5.74) is 2.25. The number of carbonyl (C=O) groups is 1. The summed E-state index contributed by atoms with van der Waals surface area (Å²) < 4.78 is 23.5. The van der Waals surface area contributed by atoms with Gasteiger partial charge in [0.05, 0.1) is 4.90 Å². The van der Waals surface area contributed by atoms with Crippen LogP contribution in [0, 0.1) is 20.8 Å². The quantitative estimate of drug-likeness (QED) is 0.735. The number of carbonyl (C=O) groups excluding carboxylic acids is 1. The second kappa shape index (κ2) is 3.77. The standard InChI is InChI=1S/C11H14O3S/c1-7-5-8(2)11(9(3)6-7)15(13,14)10(4)12/h5-6H,1-4H3. The molecule has 3 nitrogen and oxygen atoms in total. The molecule has 0 aliphatic heterocycles. The monoisotopic (exact) mass is 226 g/mol. The van der Waals surface area contributed by atoms with E-state index in [1.54, 1.807) is 26.0 Å². The normalized spacial score (nSPS) is 11.5. The fourth-order valence-corrected chi connectivity index (χ4v) is 2.99. The van der Waals surface area contributed by atoms with Gasteiger partial charge in [-0.15, -0.1) is 0 Å². The lowest BCUT2D eigenvalue weighted by atomic mass is 10.1. The molecule has 0 N–H and O–H groups in total. The van der Waals surface area contributed by atoms with Crippen LogP contribution in [0.3, 0.4) is 0 Å². The van der Waals surface area contributed by atoms with Gasteiger partial charge in [0.2, 0.25) is 15.0 Å². The van der Waals surface area contributed by atoms with Crippen LogP contribution in [0.1, 0.15) is 23.6 Å². The van der Waals surface area contributed by atoms with Crippen molar-refractivity contribution in [2.75, 3.05) is 0 Å². The van der Waals surface area contributed by atoms with Gasteiger partial charge < -0.3 is 0 Å². The van der Waals surface area contributed by atoms with E-state index in [2.05, 4.69) is 0 Å². The molecular formula is C11H14O3S. The molecule has 0 saturated carbocycles. The van der Waals surface area contributed by atoms with Crippen molar-refractivity contribution in [2.45, 2.75) is 32.6 Å². The third-order valence-electron chi connectivity index (χ3n) is 2.25. The summed E-state index contributed by atoms with van der Waals surface area (Å²) in [6, 6.07) is 3.53. The van der Waals surface area contributed by atoms with Crippen LogP contribution in [0.15, 0.2) is 17.0 Å². The van der Waals surface area contributed by atoms with Crippen molar-refractivity contribution in [3.05, 3.63) is 28.8 Å². The Balaban J connectivity index is 3.60. The SMILES string of the molecule is CC(=O)S(=O)(=O)c1c(C)cc(C)cc1C. The van der Waals surface area contributed by atoms with Crippen molar-refractivity contribution in [3.8, 4) is 0 Å². The average molecular weight is 226 g/mol. The molecule has 0 amide bonds. The van der Waals surface area contributed by atoms with Crippen LogP contribution in [0.2, 0.25) is 0 Å². The van der Waals surface area contributed by atoms with Crippen LogP contribution < -0.4 is 0 Å². The van der Waals surface area contributed by atoms with Gasteiger partial charge in [-0.25, -0.2) is 8.42 Å². The van der Waals surface area contributed by atoms with Gasteiger partial charge in [-0.3, -0.25) is 4.79 Å². The molecule has 0 aliphatic rings. The smallest absolute Gasteiger partial charge is 0.248 e. The van der Waals surface area contributed by atoms with E-state index in [9.17, 15) is 13.2 Å². The molecule has 1 aromatic rings. The third kappa shape index (κ3) is 2.09. The fourth-order valence-electron chi connectivity index (χ4n) is 1.73. The predicted molar refractivity (Wildman–Crippen MR) is 58.5 cm³/mol. The number of sulfone groups is 1. The van der Waals surface area contributed by atoms with E-state index < -0.39 is 15.0 Å². The van der Waals surface area contributed by atoms with E-state index in [1.807, 2.05) is 6.92 Å². The van der Waals surface area contributed by atoms with Crippen molar-refractivity contribution in [1.82, 2.24) is 0 Å². The molecule has 0 atom stereocenters. The first-order chi connectivity index (χ1) is 6.76. The minimum absolute atomic E-state index is 0.153. The zero-order valence-electron chi connectivity index (χ0n) is 9.29. The molecule has 1 aromatic carbocycles. The lowest BCUT2D eigenvalue weighted by molar-refractivity contribution is -0.109. The van der Waals surface area contributed by atoms with Gasteiger partial charge in [-0.2, -0.15) is 0 Å². The Morgan fingerprint density at radius 2 is 1.47 bits per heavy atom. The van der Waals surface area contributed by atoms with E-state index in [0.717, 1.165) is 12.5 Å². The van der Waals surface area contributed by atoms with Gasteiger partial charge in [0.15, 0.2) is 0 Å². The minimum atomic E-state index is -3.79. The number of benzene rings is 1. The lowest BCUT2D eigenvalue weighted by Crippen LogP contribution is -2.14. The number of hydrogen-bond donors (Lipinski definition) is 0. The van der Waals surface area contributed by atoms with Crippen LogP contribution in [0.25, 0.3) is 0 Å². The molecule has 0 aromatic heterocycles. The van der Waals surface area contributed by atoms with Gasteiger partial charge >= 0.3 is 0 Å². The molecule has 0 unspecified atom stereocenters. The molecule has 82 valence electrons. The van der Waals surface area contributed by atoms with E-state index in [0.29, 0.717) is 11.1 Å². The first-order valence-electron chi connectivity index (χ1n) is 4.60. The van der Waals surface area contributed by atoms with E-state index >= 15 is 0 Å². The number of rotatable bonds is 1.